The van der Waals surface area contributed by atoms with E-state index in [9.17, 15) is 9.59 Å². The summed E-state index contributed by atoms with van der Waals surface area (Å²) in [6.45, 7) is 0.525. The third-order valence-electron chi connectivity index (χ3n) is 4.65. The second-order valence-electron chi connectivity index (χ2n) is 6.67. The fourth-order valence-electron chi connectivity index (χ4n) is 3.16. The number of carbonyl (C=O) groups is 1. The van der Waals surface area contributed by atoms with Crippen molar-refractivity contribution in [3.63, 3.8) is 0 Å². The van der Waals surface area contributed by atoms with Crippen LogP contribution in [0.5, 0.6) is 0 Å². The molecule has 0 spiro atoms. The minimum absolute atomic E-state index is 0.111. The van der Waals surface area contributed by atoms with Gasteiger partial charge in [-0.1, -0.05) is 24.3 Å². The van der Waals surface area contributed by atoms with Gasteiger partial charge in [-0.2, -0.15) is 0 Å². The van der Waals surface area contributed by atoms with Crippen molar-refractivity contribution in [1.82, 2.24) is 19.7 Å². The number of aryl methyl sites for hydroxylation is 1. The van der Waals surface area contributed by atoms with Gasteiger partial charge in [-0.05, 0) is 41.7 Å². The van der Waals surface area contributed by atoms with Crippen LogP contribution in [0.3, 0.4) is 0 Å². The second kappa shape index (κ2) is 6.63. The maximum atomic E-state index is 13.0. The van der Waals surface area contributed by atoms with Crippen molar-refractivity contribution in [2.75, 3.05) is 0 Å². The van der Waals surface area contributed by atoms with Gasteiger partial charge in [0.1, 0.15) is 5.69 Å². The second-order valence-corrected chi connectivity index (χ2v) is 6.67. The van der Waals surface area contributed by atoms with Gasteiger partial charge in [-0.25, -0.2) is 0 Å². The van der Waals surface area contributed by atoms with E-state index >= 15 is 0 Å². The Kier molecular flexibility index (Phi) is 4.16. The largest absolute Gasteiger partial charge is 0.330 e. The quantitative estimate of drug-likeness (QED) is 0.770. The first-order valence-electron chi connectivity index (χ1n) is 8.68. The highest BCUT2D eigenvalue weighted by Crippen LogP contribution is 2.30. The van der Waals surface area contributed by atoms with Gasteiger partial charge in [-0.3, -0.25) is 24.4 Å². The number of carbonyl (C=O) groups excluding carboxylic acids is 1. The molecule has 0 radical (unpaired) electrons. The molecule has 0 unspecified atom stereocenters. The van der Waals surface area contributed by atoms with Crippen molar-refractivity contribution in [2.24, 2.45) is 7.05 Å². The van der Waals surface area contributed by atoms with Crippen LogP contribution in [0.25, 0.3) is 11.1 Å². The van der Waals surface area contributed by atoms with Crippen LogP contribution in [0.4, 0.5) is 0 Å². The van der Waals surface area contributed by atoms with Gasteiger partial charge in [0.15, 0.2) is 0 Å². The number of hydrogen-bond donors (Lipinski definition) is 1. The predicted octanol–water partition coefficient (Wildman–Crippen LogP) is 2.58. The molecule has 2 heterocycles. The molecule has 0 aliphatic heterocycles. The molecule has 26 heavy (non-hydrogen) atoms. The minimum Gasteiger partial charge on any atom is -0.330 e. The summed E-state index contributed by atoms with van der Waals surface area (Å²) in [4.78, 5) is 30.5. The van der Waals surface area contributed by atoms with Crippen molar-refractivity contribution in [2.45, 2.75) is 25.4 Å². The normalized spacial score (nSPS) is 13.6. The maximum Gasteiger partial charge on any atom is 0.272 e. The zero-order chi connectivity index (χ0) is 18.1. The molecule has 3 aromatic rings. The molecule has 0 atom stereocenters. The highest BCUT2D eigenvalue weighted by atomic mass is 16.2. The summed E-state index contributed by atoms with van der Waals surface area (Å²) in [7, 11) is 1.68. The Balaban J connectivity index is 1.61. The molecule has 1 fully saturated rings. The Morgan fingerprint density at radius 1 is 1.23 bits per heavy atom. The minimum atomic E-state index is -0.259. The number of hydrogen-bond acceptors (Lipinski definition) is 3. The van der Waals surface area contributed by atoms with Gasteiger partial charge < -0.3 is 4.90 Å². The highest BCUT2D eigenvalue weighted by Gasteiger charge is 2.34. The van der Waals surface area contributed by atoms with E-state index in [1.54, 1.807) is 13.2 Å². The SMILES string of the molecule is Cn1[nH]c(=O)cc1C(=O)N(Cc1cccc(-c2cccnc2)c1)C1CC1. The van der Waals surface area contributed by atoms with Crippen LogP contribution in [0.1, 0.15) is 28.9 Å². The molecule has 6 nitrogen and oxygen atoms in total. The van der Waals surface area contributed by atoms with E-state index in [0.29, 0.717) is 12.2 Å². The van der Waals surface area contributed by atoms with E-state index < -0.39 is 0 Å². The number of amides is 1. The molecule has 1 aromatic carbocycles. The molecular formula is C20H20N4O2. The number of H-pyrrole nitrogens is 1. The molecule has 1 aliphatic carbocycles. The first-order chi connectivity index (χ1) is 12.6. The molecule has 1 aliphatic rings. The van der Waals surface area contributed by atoms with Crippen LogP contribution in [0, 0.1) is 0 Å². The van der Waals surface area contributed by atoms with E-state index in [1.807, 2.05) is 41.4 Å². The molecule has 0 bridgehead atoms. The Morgan fingerprint density at radius 2 is 2.04 bits per heavy atom. The van der Waals surface area contributed by atoms with Crippen LogP contribution in [-0.4, -0.2) is 31.6 Å². The summed E-state index contributed by atoms with van der Waals surface area (Å²) in [5, 5.41) is 2.60. The van der Waals surface area contributed by atoms with E-state index in [4.69, 9.17) is 0 Å². The van der Waals surface area contributed by atoms with E-state index in [1.165, 1.54) is 10.7 Å². The average molecular weight is 348 g/mol. The summed E-state index contributed by atoms with van der Waals surface area (Å²) >= 11 is 0. The zero-order valence-corrected chi connectivity index (χ0v) is 14.6. The summed E-state index contributed by atoms with van der Waals surface area (Å²) in [5.41, 5.74) is 3.32. The summed E-state index contributed by atoms with van der Waals surface area (Å²) < 4.78 is 1.49. The van der Waals surface area contributed by atoms with Crippen LogP contribution >= 0.6 is 0 Å². The third-order valence-corrected chi connectivity index (χ3v) is 4.65. The zero-order valence-electron chi connectivity index (χ0n) is 14.6. The van der Waals surface area contributed by atoms with Crippen molar-refractivity contribution in [3.05, 3.63) is 76.5 Å². The van der Waals surface area contributed by atoms with Gasteiger partial charge in [0, 0.05) is 38.1 Å². The van der Waals surface area contributed by atoms with Crippen LogP contribution in [0.2, 0.25) is 0 Å². The Labute approximate surface area is 151 Å². The lowest BCUT2D eigenvalue weighted by Gasteiger charge is -2.23. The number of nitrogens with one attached hydrogen (secondary N) is 1. The fourth-order valence-corrected chi connectivity index (χ4v) is 3.16. The number of rotatable bonds is 5. The van der Waals surface area contributed by atoms with Gasteiger partial charge in [0.05, 0.1) is 0 Å². The lowest BCUT2D eigenvalue weighted by molar-refractivity contribution is 0.0718. The van der Waals surface area contributed by atoms with Crippen molar-refractivity contribution in [3.8, 4) is 11.1 Å². The molecule has 2 aromatic heterocycles. The number of aromatic amines is 1. The Bertz CT molecular complexity index is 986. The lowest BCUT2D eigenvalue weighted by atomic mass is 10.0. The van der Waals surface area contributed by atoms with Gasteiger partial charge >= 0.3 is 0 Å². The topological polar surface area (TPSA) is 71.0 Å². The van der Waals surface area contributed by atoms with Crippen molar-refractivity contribution in [1.29, 1.82) is 0 Å². The summed E-state index contributed by atoms with van der Waals surface area (Å²) in [5.74, 6) is -0.111. The van der Waals surface area contributed by atoms with Gasteiger partial charge in [0.2, 0.25) is 0 Å². The fraction of sp³-hybridized carbons (Fsp3) is 0.250. The number of pyridine rings is 1. The number of nitrogens with zero attached hydrogens (tertiary/aromatic N) is 3. The molecule has 4 rings (SSSR count). The third kappa shape index (κ3) is 3.31. The predicted molar refractivity (Wildman–Crippen MR) is 98.6 cm³/mol. The van der Waals surface area contributed by atoms with Gasteiger partial charge in [0.25, 0.3) is 11.5 Å². The van der Waals surface area contributed by atoms with Crippen LogP contribution in [0.15, 0.2) is 59.7 Å². The first kappa shape index (κ1) is 16.3. The highest BCUT2D eigenvalue weighted by molar-refractivity contribution is 5.93. The maximum absolute atomic E-state index is 13.0. The number of benzene rings is 1. The molecule has 6 heteroatoms. The van der Waals surface area contributed by atoms with Crippen LogP contribution < -0.4 is 5.56 Å². The van der Waals surface area contributed by atoms with Crippen molar-refractivity contribution >= 4 is 5.91 Å². The number of aromatic nitrogens is 3. The standard InChI is InChI=1S/C20H20N4O2/c1-23-18(11-19(25)22-23)20(26)24(17-7-8-17)13-14-4-2-5-15(10-14)16-6-3-9-21-12-16/h2-6,9-12,17H,7-8,13H2,1H3,(H,22,25). The lowest BCUT2D eigenvalue weighted by Crippen LogP contribution is -2.33. The van der Waals surface area contributed by atoms with Crippen molar-refractivity contribution < 1.29 is 4.79 Å². The van der Waals surface area contributed by atoms with E-state index in [-0.39, 0.29) is 17.5 Å². The molecule has 1 amide bonds. The molecule has 0 saturated heterocycles. The monoisotopic (exact) mass is 348 g/mol. The van der Waals surface area contributed by atoms with Crippen LogP contribution in [-0.2, 0) is 13.6 Å². The smallest absolute Gasteiger partial charge is 0.272 e. The molecular weight excluding hydrogens is 328 g/mol. The summed E-state index contributed by atoms with van der Waals surface area (Å²) in [6.07, 6.45) is 5.60. The van der Waals surface area contributed by atoms with E-state index in [2.05, 4.69) is 16.1 Å². The van der Waals surface area contributed by atoms with Gasteiger partial charge in [-0.15, -0.1) is 0 Å². The van der Waals surface area contributed by atoms with E-state index in [0.717, 1.165) is 29.5 Å². The summed E-state index contributed by atoms with van der Waals surface area (Å²) in [6, 6.07) is 13.7. The average Bonchev–Trinajstić information content (AvgIpc) is 3.44. The Morgan fingerprint density at radius 3 is 2.69 bits per heavy atom. The molecule has 1 saturated carbocycles. The molecule has 132 valence electrons. The molecule has 1 N–H and O–H groups in total. The Hall–Kier alpha value is -3.15. The first-order valence-corrected chi connectivity index (χ1v) is 8.68.